The smallest absolute Gasteiger partial charge is 0.319 e. The van der Waals surface area contributed by atoms with E-state index in [-0.39, 0.29) is 61.5 Å². The Morgan fingerprint density at radius 2 is 1.60 bits per heavy atom. The Balaban J connectivity index is 0.838. The van der Waals surface area contributed by atoms with Gasteiger partial charge in [-0.05, 0) is 76.4 Å². The number of hydrogen-bond acceptors (Lipinski definition) is 10. The minimum absolute atomic E-state index is 0.0205. The number of carbonyl (C=O) groups is 7. The van der Waals surface area contributed by atoms with Crippen LogP contribution in [0.25, 0.3) is 10.8 Å². The van der Waals surface area contributed by atoms with Crippen molar-refractivity contribution in [3.05, 3.63) is 130 Å². The first-order valence-corrected chi connectivity index (χ1v) is 21.1. The van der Waals surface area contributed by atoms with Gasteiger partial charge in [0.05, 0.1) is 42.4 Å². The van der Waals surface area contributed by atoms with E-state index in [2.05, 4.69) is 20.8 Å². The third kappa shape index (κ3) is 8.48. The molecule has 0 spiro atoms. The molecule has 0 aliphatic carbocycles. The number of nitrogens with one attached hydrogen (secondary N) is 3. The van der Waals surface area contributed by atoms with Crippen LogP contribution >= 0.6 is 0 Å². The summed E-state index contributed by atoms with van der Waals surface area (Å²) in [4.78, 5) is 96.6. The van der Waals surface area contributed by atoms with Gasteiger partial charge >= 0.3 is 6.03 Å². The van der Waals surface area contributed by atoms with Crippen LogP contribution in [0.5, 0.6) is 5.75 Å². The molecular weight excluding hydrogens is 803 g/mol. The number of carbonyl (C=O) groups excluding carboxylic acids is 7. The number of ketones is 2. The van der Waals surface area contributed by atoms with E-state index in [0.717, 1.165) is 21.7 Å². The second kappa shape index (κ2) is 17.4. The van der Waals surface area contributed by atoms with Gasteiger partial charge in [-0.3, -0.25) is 44.1 Å². The van der Waals surface area contributed by atoms with Crippen molar-refractivity contribution in [2.24, 2.45) is 0 Å². The van der Waals surface area contributed by atoms with E-state index < -0.39 is 35.2 Å². The minimum Gasteiger partial charge on any atom is -0.494 e. The van der Waals surface area contributed by atoms with Gasteiger partial charge < -0.3 is 19.9 Å². The summed E-state index contributed by atoms with van der Waals surface area (Å²) in [5.74, 6) is -2.16. The molecule has 5 aromatic rings. The van der Waals surface area contributed by atoms with E-state index in [4.69, 9.17) is 4.74 Å². The second-order valence-corrected chi connectivity index (χ2v) is 17.1. The van der Waals surface area contributed by atoms with Crippen LogP contribution in [0.4, 0.5) is 4.79 Å². The molecule has 15 nitrogen and oxygen atoms in total. The number of unbranched alkanes of at least 4 members (excludes halogenated alkanes) is 1. The average molecular weight is 852 g/mol. The molecule has 0 bridgehead atoms. The fourth-order valence-corrected chi connectivity index (χ4v) is 8.77. The van der Waals surface area contributed by atoms with Crippen LogP contribution in [-0.4, -0.2) is 99.4 Å². The number of urea groups is 1. The largest absolute Gasteiger partial charge is 0.494 e. The Bertz CT molecular complexity index is 2650. The summed E-state index contributed by atoms with van der Waals surface area (Å²) in [5, 5.41) is 14.2. The number of ether oxygens (including phenoxy) is 1. The number of nitrogens with zero attached hydrogens (tertiary/aromatic N) is 4. The van der Waals surface area contributed by atoms with Crippen LogP contribution in [0.1, 0.15) is 116 Å². The fraction of sp³-hybridized carbons (Fsp3) is 0.333. The normalized spacial score (nSPS) is 17.2. The number of H-pyrrole nitrogens is 1. The molecule has 3 aliphatic heterocycles. The lowest BCUT2D eigenvalue weighted by atomic mass is 9.91. The Hall–Kier alpha value is -7.00. The number of benzene rings is 4. The quantitative estimate of drug-likeness (QED) is 0.0651. The van der Waals surface area contributed by atoms with Crippen LogP contribution < -0.4 is 15.4 Å². The summed E-state index contributed by atoms with van der Waals surface area (Å²) in [6.07, 6.45) is 1.45. The van der Waals surface area contributed by atoms with Crippen molar-refractivity contribution < 1.29 is 38.3 Å². The molecule has 63 heavy (non-hydrogen) atoms. The van der Waals surface area contributed by atoms with Gasteiger partial charge in [0.1, 0.15) is 11.8 Å². The van der Waals surface area contributed by atoms with Crippen LogP contribution in [0.2, 0.25) is 0 Å². The number of aromatic amines is 1. The zero-order chi connectivity index (χ0) is 44.6. The van der Waals surface area contributed by atoms with Gasteiger partial charge in [-0.15, -0.1) is 0 Å². The van der Waals surface area contributed by atoms with Gasteiger partial charge in [-0.25, -0.2) is 4.79 Å². The van der Waals surface area contributed by atoms with Crippen LogP contribution in [0.3, 0.4) is 0 Å². The predicted octanol–water partition coefficient (Wildman–Crippen LogP) is 5.88. The van der Waals surface area contributed by atoms with Gasteiger partial charge in [0.2, 0.25) is 11.8 Å². The van der Waals surface area contributed by atoms with E-state index >= 15 is 0 Å². The lowest BCUT2D eigenvalue weighted by molar-refractivity contribution is -0.136. The molecule has 1 aromatic heterocycles. The number of Topliss-reactive ketones (excluding diaryl/α,β-unsaturated/α-hetero) is 2. The summed E-state index contributed by atoms with van der Waals surface area (Å²) < 4.78 is 6.03. The van der Waals surface area contributed by atoms with E-state index in [9.17, 15) is 33.6 Å². The molecule has 2 atom stereocenters. The maximum atomic E-state index is 13.8. The summed E-state index contributed by atoms with van der Waals surface area (Å²) in [7, 11) is 3.93. The summed E-state index contributed by atoms with van der Waals surface area (Å²) >= 11 is 0. The Morgan fingerprint density at radius 1 is 0.889 bits per heavy atom. The van der Waals surface area contributed by atoms with E-state index in [1.165, 1.54) is 0 Å². The Labute approximate surface area is 364 Å². The Kier molecular flexibility index (Phi) is 11.8. The molecule has 6 amide bonds. The molecule has 1 fully saturated rings. The van der Waals surface area contributed by atoms with Gasteiger partial charge in [0.15, 0.2) is 11.6 Å². The molecule has 3 N–H and O–H groups in total. The van der Waals surface area contributed by atoms with Crippen LogP contribution in [0, 0.1) is 0 Å². The maximum absolute atomic E-state index is 13.8. The summed E-state index contributed by atoms with van der Waals surface area (Å²) in [6, 6.07) is 23.4. The topological polar surface area (TPSA) is 191 Å². The zero-order valence-electron chi connectivity index (χ0n) is 35.7. The molecule has 324 valence electrons. The van der Waals surface area contributed by atoms with Crippen molar-refractivity contribution in [1.82, 2.24) is 35.5 Å². The molecule has 15 heteroatoms. The first-order valence-electron chi connectivity index (χ1n) is 21.1. The number of imide groups is 2. The minimum atomic E-state index is -1.10. The fourth-order valence-electron chi connectivity index (χ4n) is 8.77. The van der Waals surface area contributed by atoms with Gasteiger partial charge in [-0.2, -0.15) is 5.10 Å². The predicted molar refractivity (Wildman–Crippen MR) is 232 cm³/mol. The highest BCUT2D eigenvalue weighted by Crippen LogP contribution is 2.40. The van der Waals surface area contributed by atoms with Crippen LogP contribution in [0.15, 0.2) is 84.9 Å². The maximum Gasteiger partial charge on any atom is 0.319 e. The standard InChI is InChI=1S/C48H49N7O8/c1-48(2)43-35(26-54(48)47(62)49-37(27-53(3)4)28-11-6-5-7-12-28)36(51-52-43)25-40(57)30-18-16-29(17-19-30)39(56)15-8-9-22-63-32-23-31-13-10-14-33-42(31)34(24-32)46(61)55(45(33)60)38-20-21-41(58)50-44(38)59/h5-7,10-14,16-19,23-24,37-38H,8-9,15,20-22,25-27H2,1-4H3,(H,49,62)(H,51,52)(H,50,58,59)/t37-,38?/m1/s1. The van der Waals surface area contributed by atoms with E-state index in [1.807, 2.05) is 63.2 Å². The lowest BCUT2D eigenvalue weighted by Gasteiger charge is -2.34. The lowest BCUT2D eigenvalue weighted by Crippen LogP contribution is -2.57. The molecule has 1 saturated heterocycles. The molecule has 8 rings (SSSR count). The highest BCUT2D eigenvalue weighted by molar-refractivity contribution is 6.27. The number of likely N-dealkylation sites (N-methyl/N-ethyl adjacent to an activating group) is 1. The highest BCUT2D eigenvalue weighted by Gasteiger charge is 2.45. The third-order valence-corrected chi connectivity index (χ3v) is 12.1. The average Bonchev–Trinajstić information content (AvgIpc) is 3.79. The number of rotatable bonds is 15. The zero-order valence-corrected chi connectivity index (χ0v) is 35.7. The number of amides is 6. The SMILES string of the molecule is CN(C)C[C@@H](NC(=O)N1Cc2c(n[nH]c2CC(=O)c2ccc(C(=O)CCCCOc3cc4c5c(cccc5c3)C(=O)N(C3CCC(=O)NC3=O)C4=O)cc2)C1(C)C)c1ccccc1. The molecule has 0 radical (unpaired) electrons. The van der Waals surface area contributed by atoms with Crippen molar-refractivity contribution in [2.75, 3.05) is 27.2 Å². The molecule has 3 aliphatic rings. The van der Waals surface area contributed by atoms with E-state index in [1.54, 1.807) is 59.5 Å². The first kappa shape index (κ1) is 42.7. The van der Waals surface area contributed by atoms with Crippen molar-refractivity contribution in [1.29, 1.82) is 0 Å². The van der Waals surface area contributed by atoms with Crippen molar-refractivity contribution in [3.63, 3.8) is 0 Å². The first-order chi connectivity index (χ1) is 30.2. The number of aromatic nitrogens is 2. The number of piperidine rings is 1. The monoisotopic (exact) mass is 851 g/mol. The molecule has 4 aromatic carbocycles. The van der Waals surface area contributed by atoms with Crippen molar-refractivity contribution in [3.8, 4) is 5.75 Å². The molecule has 4 heterocycles. The third-order valence-electron chi connectivity index (χ3n) is 12.1. The Morgan fingerprint density at radius 3 is 2.32 bits per heavy atom. The van der Waals surface area contributed by atoms with Gasteiger partial charge in [-0.1, -0.05) is 66.7 Å². The summed E-state index contributed by atoms with van der Waals surface area (Å²) in [5.41, 5.74) is 3.96. The van der Waals surface area contributed by atoms with Gasteiger partial charge in [0.25, 0.3) is 11.8 Å². The highest BCUT2D eigenvalue weighted by atomic mass is 16.5. The molecule has 0 saturated carbocycles. The second-order valence-electron chi connectivity index (χ2n) is 17.1. The van der Waals surface area contributed by atoms with Crippen LogP contribution in [-0.2, 0) is 28.1 Å². The molecule has 1 unspecified atom stereocenters. The van der Waals surface area contributed by atoms with E-state index in [0.29, 0.717) is 64.8 Å². The molecular formula is C48H49N7O8. The van der Waals surface area contributed by atoms with Crippen molar-refractivity contribution >= 4 is 52.0 Å². The number of hydrogen-bond donors (Lipinski definition) is 3. The van der Waals surface area contributed by atoms with Gasteiger partial charge in [0, 0.05) is 52.7 Å². The number of fused-ring (bicyclic) bond motifs is 1. The summed E-state index contributed by atoms with van der Waals surface area (Å²) in [6.45, 7) is 5.07. The van der Waals surface area contributed by atoms with Crippen molar-refractivity contribution in [2.45, 2.75) is 76.5 Å².